The molecule has 0 spiro atoms. The van der Waals surface area contributed by atoms with Crippen molar-refractivity contribution >= 4 is 22.4 Å². The first-order chi connectivity index (χ1) is 18.0. The van der Waals surface area contributed by atoms with E-state index in [9.17, 15) is 9.90 Å². The molecule has 37 heavy (non-hydrogen) atoms. The molecule has 1 aromatic heterocycles. The van der Waals surface area contributed by atoms with Crippen LogP contribution in [0.15, 0.2) is 36.5 Å². The smallest absolute Gasteiger partial charge is 0.169 e. The lowest BCUT2D eigenvalue weighted by Gasteiger charge is -2.36. The molecular formula is C31H37N3O3. The number of carbonyl (C=O) groups is 1. The third-order valence-corrected chi connectivity index (χ3v) is 8.52. The van der Waals surface area contributed by atoms with Gasteiger partial charge in [0.1, 0.15) is 0 Å². The van der Waals surface area contributed by atoms with Gasteiger partial charge in [-0.3, -0.25) is 9.78 Å². The van der Waals surface area contributed by atoms with Crippen LogP contribution in [-0.2, 0) is 0 Å². The molecule has 6 nitrogen and oxygen atoms in total. The number of anilines is 1. The number of phenolic OH excluding ortho intramolecular Hbond substituents is 1. The number of likely N-dealkylation sites (tertiary alicyclic amines) is 1. The number of ketones is 1. The fourth-order valence-corrected chi connectivity index (χ4v) is 6.18. The van der Waals surface area contributed by atoms with E-state index in [1.165, 1.54) is 32.5 Å². The number of aromatic hydroxyl groups is 1. The Morgan fingerprint density at radius 2 is 1.78 bits per heavy atom. The topological polar surface area (TPSA) is 65.9 Å². The Balaban J connectivity index is 1.38. The van der Waals surface area contributed by atoms with E-state index in [4.69, 9.17) is 9.72 Å². The monoisotopic (exact) mass is 499 g/mol. The molecule has 3 aromatic rings. The molecule has 1 aliphatic carbocycles. The summed E-state index contributed by atoms with van der Waals surface area (Å²) in [5.41, 5.74) is 5.52. The van der Waals surface area contributed by atoms with Gasteiger partial charge in [0.15, 0.2) is 17.3 Å². The highest BCUT2D eigenvalue weighted by Crippen LogP contribution is 2.41. The zero-order chi connectivity index (χ0) is 25.5. The number of aromatic nitrogens is 1. The quantitative estimate of drug-likeness (QED) is 0.413. The lowest BCUT2D eigenvalue weighted by Crippen LogP contribution is -2.39. The third kappa shape index (κ3) is 4.79. The number of aryl methyl sites for hydroxylation is 1. The van der Waals surface area contributed by atoms with Crippen LogP contribution in [-0.4, -0.2) is 60.6 Å². The maximum absolute atomic E-state index is 13.4. The summed E-state index contributed by atoms with van der Waals surface area (Å²) in [5.74, 6) is 1.76. The zero-order valence-electron chi connectivity index (χ0n) is 22.0. The number of rotatable bonds is 7. The minimum atomic E-state index is 0.151. The summed E-state index contributed by atoms with van der Waals surface area (Å²) in [4.78, 5) is 23.2. The molecule has 0 atom stereocenters. The fraction of sp³-hybridized carbons (Fsp3) is 0.484. The maximum atomic E-state index is 13.4. The first-order valence-corrected chi connectivity index (χ1v) is 13.8. The number of carbonyl (C=O) groups excluding carboxylic acids is 1. The van der Waals surface area contributed by atoms with Gasteiger partial charge in [-0.05, 0) is 105 Å². The molecule has 6 rings (SSSR count). The van der Waals surface area contributed by atoms with E-state index < -0.39 is 0 Å². The molecule has 3 fully saturated rings. The molecule has 2 aliphatic heterocycles. The van der Waals surface area contributed by atoms with Crippen molar-refractivity contribution in [2.24, 2.45) is 11.8 Å². The lowest BCUT2D eigenvalue weighted by molar-refractivity contribution is 0.0968. The summed E-state index contributed by atoms with van der Waals surface area (Å²) in [7, 11) is 1.57. The van der Waals surface area contributed by atoms with Gasteiger partial charge in [0, 0.05) is 37.1 Å². The van der Waals surface area contributed by atoms with Gasteiger partial charge < -0.3 is 19.6 Å². The number of nitrogens with zero attached hydrogens (tertiary/aromatic N) is 3. The molecule has 0 radical (unpaired) electrons. The van der Waals surface area contributed by atoms with Crippen LogP contribution in [0.25, 0.3) is 22.0 Å². The van der Waals surface area contributed by atoms with Gasteiger partial charge in [0.05, 0.1) is 23.9 Å². The van der Waals surface area contributed by atoms with Crippen LogP contribution in [0.1, 0.15) is 54.4 Å². The Labute approximate surface area is 219 Å². The summed E-state index contributed by atoms with van der Waals surface area (Å²) >= 11 is 0. The van der Waals surface area contributed by atoms with Crippen molar-refractivity contribution in [3.8, 4) is 22.6 Å². The second-order valence-electron chi connectivity index (χ2n) is 11.2. The molecular weight excluding hydrogens is 462 g/mol. The first kappa shape index (κ1) is 24.2. The highest BCUT2D eigenvalue weighted by atomic mass is 16.5. The third-order valence-electron chi connectivity index (χ3n) is 8.52. The number of methoxy groups -OCH3 is 1. The van der Waals surface area contributed by atoms with Gasteiger partial charge >= 0.3 is 0 Å². The van der Waals surface area contributed by atoms with Crippen molar-refractivity contribution in [2.75, 3.05) is 44.7 Å². The molecule has 0 amide bonds. The van der Waals surface area contributed by atoms with Gasteiger partial charge in [-0.2, -0.15) is 0 Å². The Kier molecular flexibility index (Phi) is 6.53. The Hall–Kier alpha value is -3.12. The van der Waals surface area contributed by atoms with Crippen LogP contribution in [0.5, 0.6) is 11.5 Å². The average molecular weight is 500 g/mol. The highest BCUT2D eigenvalue weighted by Gasteiger charge is 2.34. The number of ether oxygens (including phenoxy) is 1. The number of hydrogen-bond donors (Lipinski definition) is 1. The Bertz CT molecular complexity index is 1320. The van der Waals surface area contributed by atoms with Crippen LogP contribution in [0, 0.1) is 18.8 Å². The predicted octanol–water partition coefficient (Wildman–Crippen LogP) is 5.83. The van der Waals surface area contributed by atoms with E-state index in [-0.39, 0.29) is 17.5 Å². The van der Waals surface area contributed by atoms with Crippen molar-refractivity contribution in [2.45, 2.75) is 45.4 Å². The molecule has 1 N–H and O–H groups in total. The number of phenols is 1. The SMILES string of the molecule is COc1cc(-c2ccc3ncc(C(=O)C4CC4)c(N4CCC(CN5CCCC5)CC4)c3c2)cc(C)c1O. The summed E-state index contributed by atoms with van der Waals surface area (Å²) in [6, 6.07) is 10.1. The molecule has 0 unspecified atom stereocenters. The predicted molar refractivity (Wildman–Crippen MR) is 148 cm³/mol. The largest absolute Gasteiger partial charge is 0.504 e. The normalized spacial score (nSPS) is 19.0. The molecule has 6 heteroatoms. The number of piperidine rings is 1. The number of fused-ring (bicyclic) bond motifs is 1. The number of benzene rings is 2. The zero-order valence-corrected chi connectivity index (χ0v) is 22.0. The van der Waals surface area contributed by atoms with Crippen molar-refractivity contribution < 1.29 is 14.6 Å². The summed E-state index contributed by atoms with van der Waals surface area (Å²) in [6.07, 6.45) is 8.78. The molecule has 194 valence electrons. The van der Waals surface area contributed by atoms with Crippen molar-refractivity contribution in [3.05, 3.63) is 47.7 Å². The first-order valence-electron chi connectivity index (χ1n) is 13.8. The molecule has 0 bridgehead atoms. The Morgan fingerprint density at radius 1 is 1.03 bits per heavy atom. The summed E-state index contributed by atoms with van der Waals surface area (Å²) < 4.78 is 5.42. The van der Waals surface area contributed by atoms with Gasteiger partial charge in [-0.15, -0.1) is 0 Å². The van der Waals surface area contributed by atoms with Crippen LogP contribution in [0.3, 0.4) is 0 Å². The van der Waals surface area contributed by atoms with Gasteiger partial charge in [-0.1, -0.05) is 6.07 Å². The number of pyridine rings is 1. The number of Topliss-reactive ketones (excluding diaryl/α,β-unsaturated/α-hetero) is 1. The Morgan fingerprint density at radius 3 is 2.49 bits per heavy atom. The standard InChI is InChI=1S/C31H37N3O3/c1-20-15-24(17-28(37-2)30(20)35)23-7-8-27-25(16-23)29(26(18-32-27)31(36)22-5-6-22)34-13-9-21(10-14-34)19-33-11-3-4-12-33/h7-8,15-18,21-22,35H,3-6,9-14,19H2,1-2H3. The van der Waals surface area contributed by atoms with Gasteiger partial charge in [-0.25, -0.2) is 0 Å². The average Bonchev–Trinajstić information content (AvgIpc) is 3.65. The van der Waals surface area contributed by atoms with Crippen LogP contribution in [0.4, 0.5) is 5.69 Å². The van der Waals surface area contributed by atoms with Gasteiger partial charge in [0.2, 0.25) is 0 Å². The second kappa shape index (κ2) is 9.97. The minimum absolute atomic E-state index is 0.151. The van der Waals surface area contributed by atoms with Crippen molar-refractivity contribution in [1.82, 2.24) is 9.88 Å². The molecule has 1 saturated carbocycles. The van der Waals surface area contributed by atoms with Crippen LogP contribution >= 0.6 is 0 Å². The molecule has 2 saturated heterocycles. The van der Waals surface area contributed by atoms with E-state index in [1.54, 1.807) is 7.11 Å². The molecule has 3 heterocycles. The fourth-order valence-electron chi connectivity index (χ4n) is 6.18. The summed E-state index contributed by atoms with van der Waals surface area (Å²) in [5, 5.41) is 11.4. The lowest BCUT2D eigenvalue weighted by atomic mass is 9.93. The van der Waals surface area contributed by atoms with E-state index in [1.807, 2.05) is 31.3 Å². The van der Waals surface area contributed by atoms with Crippen molar-refractivity contribution in [1.29, 1.82) is 0 Å². The van der Waals surface area contributed by atoms with E-state index in [2.05, 4.69) is 21.9 Å². The van der Waals surface area contributed by atoms with E-state index in [0.717, 1.165) is 83.5 Å². The van der Waals surface area contributed by atoms with Crippen LogP contribution in [0.2, 0.25) is 0 Å². The second-order valence-corrected chi connectivity index (χ2v) is 11.2. The van der Waals surface area contributed by atoms with E-state index in [0.29, 0.717) is 5.75 Å². The molecule has 2 aromatic carbocycles. The van der Waals surface area contributed by atoms with E-state index >= 15 is 0 Å². The van der Waals surface area contributed by atoms with Crippen molar-refractivity contribution in [3.63, 3.8) is 0 Å². The minimum Gasteiger partial charge on any atom is -0.504 e. The summed E-state index contributed by atoms with van der Waals surface area (Å²) in [6.45, 7) is 7.54. The number of hydrogen-bond acceptors (Lipinski definition) is 6. The van der Waals surface area contributed by atoms with Crippen LogP contribution < -0.4 is 9.64 Å². The van der Waals surface area contributed by atoms with Gasteiger partial charge in [0.25, 0.3) is 0 Å². The highest BCUT2D eigenvalue weighted by molar-refractivity contribution is 6.10. The molecule has 3 aliphatic rings. The maximum Gasteiger partial charge on any atom is 0.169 e.